The lowest BCUT2D eigenvalue weighted by Crippen LogP contribution is -2.44. The molecule has 0 amide bonds. The van der Waals surface area contributed by atoms with Crippen LogP contribution in [0.2, 0.25) is 0 Å². The summed E-state index contributed by atoms with van der Waals surface area (Å²) in [5, 5.41) is 3.44. The highest BCUT2D eigenvalue weighted by molar-refractivity contribution is 5.85. The summed E-state index contributed by atoms with van der Waals surface area (Å²) in [6.07, 6.45) is 1.79. The Bertz CT molecular complexity index is 329. The number of nitrogens with zero attached hydrogens (tertiary/aromatic N) is 1. The van der Waals surface area contributed by atoms with Crippen LogP contribution in [-0.4, -0.2) is 17.1 Å². The zero-order valence-corrected chi connectivity index (χ0v) is 10.1. The third-order valence-electron chi connectivity index (χ3n) is 2.45. The lowest BCUT2D eigenvalue weighted by Gasteiger charge is -2.25. The summed E-state index contributed by atoms with van der Waals surface area (Å²) in [4.78, 5) is 4.31. The molecule has 0 bridgehead atoms. The lowest BCUT2D eigenvalue weighted by atomic mass is 10.1. The smallest absolute Gasteiger partial charge is 0.159 e. The Kier molecular flexibility index (Phi) is 3.38. The van der Waals surface area contributed by atoms with Gasteiger partial charge in [0.15, 0.2) is 5.72 Å². The van der Waals surface area contributed by atoms with Crippen molar-refractivity contribution < 1.29 is 4.74 Å². The topological polar surface area (TPSA) is 34.1 Å². The van der Waals surface area contributed by atoms with Crippen LogP contribution < -0.4 is 5.32 Å². The molecule has 1 unspecified atom stereocenters. The SMILES string of the molecule is CC1(C)COC(C)(c2ccccn2)N1.Cl. The van der Waals surface area contributed by atoms with Gasteiger partial charge in [-0.3, -0.25) is 10.3 Å². The van der Waals surface area contributed by atoms with Crippen molar-refractivity contribution in [1.82, 2.24) is 10.3 Å². The molecule has 1 aromatic heterocycles. The Labute approximate surface area is 96.7 Å². The van der Waals surface area contributed by atoms with E-state index in [-0.39, 0.29) is 17.9 Å². The summed E-state index contributed by atoms with van der Waals surface area (Å²) in [6.45, 7) is 6.98. The zero-order valence-electron chi connectivity index (χ0n) is 9.28. The normalized spacial score (nSPS) is 28.5. The molecular weight excluding hydrogens is 212 g/mol. The summed E-state index contributed by atoms with van der Waals surface area (Å²) < 4.78 is 5.77. The van der Waals surface area contributed by atoms with E-state index in [1.807, 2.05) is 25.1 Å². The van der Waals surface area contributed by atoms with Crippen molar-refractivity contribution in [2.45, 2.75) is 32.0 Å². The molecule has 0 aromatic carbocycles. The van der Waals surface area contributed by atoms with Gasteiger partial charge >= 0.3 is 0 Å². The molecule has 15 heavy (non-hydrogen) atoms. The highest BCUT2D eigenvalue weighted by Gasteiger charge is 2.42. The van der Waals surface area contributed by atoms with E-state index in [2.05, 4.69) is 24.1 Å². The van der Waals surface area contributed by atoms with Crippen LogP contribution in [-0.2, 0) is 10.5 Å². The lowest BCUT2D eigenvalue weighted by molar-refractivity contribution is -0.00143. The highest BCUT2D eigenvalue weighted by atomic mass is 35.5. The number of ether oxygens (including phenoxy) is 1. The van der Waals surface area contributed by atoms with E-state index in [4.69, 9.17) is 4.74 Å². The fourth-order valence-corrected chi connectivity index (χ4v) is 1.83. The molecule has 1 saturated heterocycles. The first-order chi connectivity index (χ1) is 6.52. The molecule has 0 radical (unpaired) electrons. The molecule has 1 fully saturated rings. The second-order valence-corrected chi connectivity index (χ2v) is 4.55. The molecule has 1 aliphatic heterocycles. The van der Waals surface area contributed by atoms with Crippen molar-refractivity contribution in [3.05, 3.63) is 30.1 Å². The molecule has 2 rings (SSSR count). The van der Waals surface area contributed by atoms with Crippen molar-refractivity contribution in [1.29, 1.82) is 0 Å². The summed E-state index contributed by atoms with van der Waals surface area (Å²) >= 11 is 0. The van der Waals surface area contributed by atoms with E-state index in [9.17, 15) is 0 Å². The molecular formula is C11H17ClN2O. The predicted molar refractivity (Wildman–Crippen MR) is 62.0 cm³/mol. The van der Waals surface area contributed by atoms with Crippen molar-refractivity contribution >= 4 is 12.4 Å². The average Bonchev–Trinajstić information content (AvgIpc) is 2.44. The first-order valence-corrected chi connectivity index (χ1v) is 4.87. The largest absolute Gasteiger partial charge is 0.353 e. The van der Waals surface area contributed by atoms with Gasteiger partial charge in [-0.2, -0.15) is 0 Å². The molecule has 1 atom stereocenters. The third-order valence-corrected chi connectivity index (χ3v) is 2.45. The number of pyridine rings is 1. The van der Waals surface area contributed by atoms with Crippen LogP contribution in [0.25, 0.3) is 0 Å². The van der Waals surface area contributed by atoms with Gasteiger partial charge in [0, 0.05) is 11.7 Å². The molecule has 84 valence electrons. The second-order valence-electron chi connectivity index (χ2n) is 4.55. The van der Waals surface area contributed by atoms with Crippen LogP contribution in [0.4, 0.5) is 0 Å². The van der Waals surface area contributed by atoms with E-state index in [0.717, 1.165) is 5.69 Å². The van der Waals surface area contributed by atoms with Gasteiger partial charge in [0.25, 0.3) is 0 Å². The van der Waals surface area contributed by atoms with Gasteiger partial charge in [0.1, 0.15) is 0 Å². The Morgan fingerprint density at radius 1 is 1.33 bits per heavy atom. The van der Waals surface area contributed by atoms with E-state index in [0.29, 0.717) is 6.61 Å². The van der Waals surface area contributed by atoms with Gasteiger partial charge < -0.3 is 4.74 Å². The third kappa shape index (κ3) is 2.48. The Morgan fingerprint density at radius 3 is 2.53 bits per heavy atom. The van der Waals surface area contributed by atoms with Gasteiger partial charge in [0.2, 0.25) is 0 Å². The summed E-state index contributed by atoms with van der Waals surface area (Å²) in [5.41, 5.74) is 0.516. The van der Waals surface area contributed by atoms with Gasteiger partial charge in [-0.25, -0.2) is 0 Å². The van der Waals surface area contributed by atoms with Crippen molar-refractivity contribution in [2.75, 3.05) is 6.61 Å². The second kappa shape index (κ2) is 4.08. The summed E-state index contributed by atoms with van der Waals surface area (Å²) in [5.74, 6) is 0. The zero-order chi connectivity index (χ0) is 10.2. The van der Waals surface area contributed by atoms with Crippen molar-refractivity contribution in [3.63, 3.8) is 0 Å². The monoisotopic (exact) mass is 228 g/mol. The van der Waals surface area contributed by atoms with E-state index in [1.54, 1.807) is 6.20 Å². The van der Waals surface area contributed by atoms with Crippen LogP contribution in [0.3, 0.4) is 0 Å². The summed E-state index contributed by atoms with van der Waals surface area (Å²) in [6, 6.07) is 5.87. The maximum absolute atomic E-state index is 5.77. The quantitative estimate of drug-likeness (QED) is 0.799. The fraction of sp³-hybridized carbons (Fsp3) is 0.545. The minimum atomic E-state index is -0.440. The summed E-state index contributed by atoms with van der Waals surface area (Å²) in [7, 11) is 0. The molecule has 1 N–H and O–H groups in total. The molecule has 1 aliphatic rings. The number of hydrogen-bond acceptors (Lipinski definition) is 3. The van der Waals surface area contributed by atoms with Crippen LogP contribution in [0.15, 0.2) is 24.4 Å². The highest BCUT2D eigenvalue weighted by Crippen LogP contribution is 2.30. The Balaban J connectivity index is 0.00000112. The number of rotatable bonds is 1. The standard InChI is InChI=1S/C11H16N2O.ClH/c1-10(2)8-14-11(3,13-10)9-6-4-5-7-12-9;/h4-7,13H,8H2,1-3H3;1H. The molecule has 3 nitrogen and oxygen atoms in total. The number of aromatic nitrogens is 1. The number of hydrogen-bond donors (Lipinski definition) is 1. The molecule has 0 aliphatic carbocycles. The predicted octanol–water partition coefficient (Wildman–Crippen LogP) is 2.07. The maximum atomic E-state index is 5.77. The minimum Gasteiger partial charge on any atom is -0.353 e. The molecule has 0 saturated carbocycles. The minimum absolute atomic E-state index is 0. The van der Waals surface area contributed by atoms with E-state index < -0.39 is 5.72 Å². The van der Waals surface area contributed by atoms with Crippen LogP contribution >= 0.6 is 12.4 Å². The van der Waals surface area contributed by atoms with Crippen molar-refractivity contribution in [3.8, 4) is 0 Å². The van der Waals surface area contributed by atoms with E-state index >= 15 is 0 Å². The Morgan fingerprint density at radius 2 is 2.07 bits per heavy atom. The Hall–Kier alpha value is -0.640. The first-order valence-electron chi connectivity index (χ1n) is 4.87. The molecule has 2 heterocycles. The van der Waals surface area contributed by atoms with Crippen LogP contribution in [0.1, 0.15) is 26.5 Å². The fourth-order valence-electron chi connectivity index (χ4n) is 1.83. The van der Waals surface area contributed by atoms with Crippen LogP contribution in [0, 0.1) is 0 Å². The van der Waals surface area contributed by atoms with Gasteiger partial charge in [-0.15, -0.1) is 12.4 Å². The molecule has 1 aromatic rings. The number of nitrogens with one attached hydrogen (secondary N) is 1. The molecule has 0 spiro atoms. The van der Waals surface area contributed by atoms with Gasteiger partial charge in [-0.05, 0) is 32.9 Å². The number of halogens is 1. The average molecular weight is 229 g/mol. The first kappa shape index (κ1) is 12.4. The maximum Gasteiger partial charge on any atom is 0.159 e. The molecule has 4 heteroatoms. The van der Waals surface area contributed by atoms with Crippen molar-refractivity contribution in [2.24, 2.45) is 0 Å². The van der Waals surface area contributed by atoms with Gasteiger partial charge in [-0.1, -0.05) is 6.07 Å². The van der Waals surface area contributed by atoms with Crippen LogP contribution in [0.5, 0.6) is 0 Å². The van der Waals surface area contributed by atoms with Gasteiger partial charge in [0.05, 0.1) is 12.3 Å². The van der Waals surface area contributed by atoms with E-state index in [1.165, 1.54) is 0 Å².